The fraction of sp³-hybridized carbons (Fsp3) is 0.479. The molecule has 1 fully saturated rings. The van der Waals surface area contributed by atoms with Crippen LogP contribution >= 0.6 is 0 Å². The minimum absolute atomic E-state index is 0.0600. The van der Waals surface area contributed by atoms with Crippen LogP contribution in [-0.2, 0) is 68.0 Å². The highest BCUT2D eigenvalue weighted by molar-refractivity contribution is 5.96. The maximum absolute atomic E-state index is 14.6. The van der Waals surface area contributed by atoms with Crippen LogP contribution < -0.4 is 10.3 Å². The van der Waals surface area contributed by atoms with E-state index in [1.807, 2.05) is 38.1 Å². The molecule has 0 aliphatic carbocycles. The third-order valence-electron chi connectivity index (χ3n) is 12.6. The number of methoxy groups -OCH3 is 1. The van der Waals surface area contributed by atoms with Gasteiger partial charge in [-0.05, 0) is 77.1 Å². The summed E-state index contributed by atoms with van der Waals surface area (Å²) in [6, 6.07) is 11.9. The van der Waals surface area contributed by atoms with Crippen LogP contribution in [0.4, 0.5) is 10.5 Å². The van der Waals surface area contributed by atoms with E-state index in [0.717, 1.165) is 41.6 Å². The van der Waals surface area contributed by atoms with Crippen LogP contribution in [0.15, 0.2) is 53.3 Å². The lowest BCUT2D eigenvalue weighted by atomic mass is 9.83. The molecule has 0 radical (unpaired) electrons. The van der Waals surface area contributed by atoms with E-state index in [0.29, 0.717) is 29.9 Å². The van der Waals surface area contributed by atoms with Gasteiger partial charge in [0.15, 0.2) is 12.2 Å². The van der Waals surface area contributed by atoms with E-state index < -0.39 is 106 Å². The quantitative estimate of drug-likeness (QED) is 0.0561. The Bertz CT molecular complexity index is 2740. The smallest absolute Gasteiger partial charge is 0.410 e. The Morgan fingerprint density at radius 3 is 2.40 bits per heavy atom. The number of nitro groups is 1. The fourth-order valence-corrected chi connectivity index (χ4v) is 8.90. The topological polar surface area (TPSA) is 231 Å². The van der Waals surface area contributed by atoms with E-state index in [9.17, 15) is 38.9 Å². The molecular formula is C48H54N4O15. The SMILES string of the molecule is CC[C@@]1(OC(=O)c2ccc([N+](=O)[O-])cc2O[C@@H]2O[C@H](C(=O)OC)[C@@H](C)[C@H](C)[C@H]2OC(C)=O)C(=O)OCc2c1cc1n(c2=O)Cc2c-1nc1ccccc1c2CCN(C(=O)OC(C)(C)C)C(C)C. The number of nitro benzene ring substituents is 1. The molecule has 3 aliphatic rings. The molecule has 0 saturated carbocycles. The van der Waals surface area contributed by atoms with Crippen molar-refractivity contribution in [3.05, 3.63) is 96.8 Å². The fourth-order valence-electron chi connectivity index (χ4n) is 8.90. The summed E-state index contributed by atoms with van der Waals surface area (Å²) in [6.45, 7) is 15.3. The van der Waals surface area contributed by atoms with Gasteiger partial charge in [0.05, 0.1) is 47.1 Å². The zero-order valence-corrected chi connectivity index (χ0v) is 39.0. The van der Waals surface area contributed by atoms with Crippen LogP contribution in [0.25, 0.3) is 22.3 Å². The van der Waals surface area contributed by atoms with Crippen molar-refractivity contribution in [3.63, 3.8) is 0 Å². The number of pyridine rings is 2. The number of carbonyl (C=O) groups is 5. The highest BCUT2D eigenvalue weighted by Gasteiger charge is 2.52. The van der Waals surface area contributed by atoms with Gasteiger partial charge in [-0.25, -0.2) is 24.2 Å². The number of nitrogens with zero attached hydrogens (tertiary/aromatic N) is 4. The number of fused-ring (bicyclic) bond motifs is 5. The lowest BCUT2D eigenvalue weighted by Gasteiger charge is -2.42. The highest BCUT2D eigenvalue weighted by Crippen LogP contribution is 2.44. The summed E-state index contributed by atoms with van der Waals surface area (Å²) in [6.07, 6.45) is -4.26. The summed E-state index contributed by atoms with van der Waals surface area (Å²) < 4.78 is 41.6. The van der Waals surface area contributed by atoms with E-state index in [1.54, 1.807) is 52.5 Å². The average Bonchev–Trinajstić information content (AvgIpc) is 3.64. The van der Waals surface area contributed by atoms with Gasteiger partial charge in [0, 0.05) is 48.0 Å². The van der Waals surface area contributed by atoms with Crippen molar-refractivity contribution in [1.29, 1.82) is 0 Å². The van der Waals surface area contributed by atoms with Gasteiger partial charge in [-0.2, -0.15) is 0 Å². The van der Waals surface area contributed by atoms with Gasteiger partial charge in [0.1, 0.15) is 23.5 Å². The first-order valence-electron chi connectivity index (χ1n) is 22.0. The number of esters is 4. The second-order valence-electron chi connectivity index (χ2n) is 18.2. The molecule has 1 amide bonds. The monoisotopic (exact) mass is 926 g/mol. The number of non-ortho nitro benzene ring substituents is 1. The maximum atomic E-state index is 14.6. The summed E-state index contributed by atoms with van der Waals surface area (Å²) in [7, 11) is 1.17. The number of hydrogen-bond acceptors (Lipinski definition) is 16. The number of cyclic esters (lactones) is 1. The van der Waals surface area contributed by atoms with Crippen molar-refractivity contribution >= 4 is 46.6 Å². The highest BCUT2D eigenvalue weighted by atomic mass is 16.7. The van der Waals surface area contributed by atoms with Gasteiger partial charge < -0.3 is 42.6 Å². The Morgan fingerprint density at radius 2 is 1.76 bits per heavy atom. The Hall–Kier alpha value is -6.89. The molecule has 6 atom stereocenters. The number of hydrogen-bond donors (Lipinski definition) is 0. The van der Waals surface area contributed by atoms with Crippen molar-refractivity contribution in [2.75, 3.05) is 13.7 Å². The molecule has 7 rings (SSSR count). The number of amides is 1. The number of para-hydroxylation sites is 1. The van der Waals surface area contributed by atoms with Crippen LogP contribution in [0.1, 0.15) is 101 Å². The van der Waals surface area contributed by atoms with Crippen LogP contribution in [0, 0.1) is 22.0 Å². The van der Waals surface area contributed by atoms with Crippen molar-refractivity contribution in [2.45, 2.75) is 124 Å². The Morgan fingerprint density at radius 1 is 1.04 bits per heavy atom. The molecule has 0 spiro atoms. The minimum atomic E-state index is -2.21. The molecule has 4 aromatic rings. The van der Waals surface area contributed by atoms with Crippen molar-refractivity contribution in [1.82, 2.24) is 14.5 Å². The van der Waals surface area contributed by atoms with Crippen LogP contribution in [-0.4, -0.2) is 93.1 Å². The van der Waals surface area contributed by atoms with Gasteiger partial charge in [-0.15, -0.1) is 0 Å². The lowest BCUT2D eigenvalue weighted by Crippen LogP contribution is -2.55. The molecule has 1 saturated heterocycles. The van der Waals surface area contributed by atoms with Crippen LogP contribution in [0.5, 0.6) is 5.75 Å². The maximum Gasteiger partial charge on any atom is 0.410 e. The first-order chi connectivity index (χ1) is 31.6. The first-order valence-corrected chi connectivity index (χ1v) is 22.0. The summed E-state index contributed by atoms with van der Waals surface area (Å²) in [4.78, 5) is 99.6. The standard InChI is InChI=1S/C48H54N4O15/c1-11-48(66-42(55)31-17-16-28(52(59)60)20-37(31)64-44-40(63-27(6)53)26(5)25(4)39(65-44)43(56)61-10)34-21-36-38-32(22-51(36)41(54)33(34)23-62-45(48)57)29(30-14-12-13-15-35(30)49-38)18-19-50(24(2)3)46(58)67-47(7,8)9/h12-17,20-21,24-26,39-40,44H,11,18-19,22-23H2,1-10H3/t25-,26-,39-,40+,44+,48-/m0/s1. The third-order valence-corrected chi connectivity index (χ3v) is 12.6. The third kappa shape index (κ3) is 9.03. The molecule has 356 valence electrons. The van der Waals surface area contributed by atoms with Crippen molar-refractivity contribution < 1.29 is 62.1 Å². The normalized spacial score (nSPS) is 21.9. The number of carbonyl (C=O) groups excluding carboxylic acids is 5. The molecular weight excluding hydrogens is 873 g/mol. The Labute approximate surface area is 385 Å². The second-order valence-corrected chi connectivity index (χ2v) is 18.2. The van der Waals surface area contributed by atoms with Gasteiger partial charge >= 0.3 is 30.0 Å². The second kappa shape index (κ2) is 18.4. The summed E-state index contributed by atoms with van der Waals surface area (Å²) in [5.41, 5.74) is -1.18. The molecule has 67 heavy (non-hydrogen) atoms. The molecule has 0 bridgehead atoms. The molecule has 19 nitrogen and oxygen atoms in total. The average molecular weight is 927 g/mol. The lowest BCUT2D eigenvalue weighted by molar-refractivity contribution is -0.385. The van der Waals surface area contributed by atoms with Crippen molar-refractivity contribution in [3.8, 4) is 17.1 Å². The zero-order chi connectivity index (χ0) is 48.9. The van der Waals surface area contributed by atoms with Crippen LogP contribution in [0.2, 0.25) is 0 Å². The number of aromatic nitrogens is 2. The summed E-state index contributed by atoms with van der Waals surface area (Å²) in [5, 5.41) is 12.9. The van der Waals surface area contributed by atoms with E-state index >= 15 is 0 Å². The van der Waals surface area contributed by atoms with E-state index in [1.165, 1.54) is 11.7 Å². The molecule has 0 unspecified atom stereocenters. The van der Waals surface area contributed by atoms with Gasteiger partial charge in [-0.3, -0.25) is 19.7 Å². The predicted octanol–water partition coefficient (Wildman–Crippen LogP) is 6.52. The summed E-state index contributed by atoms with van der Waals surface area (Å²) in [5.74, 6) is -5.24. The van der Waals surface area contributed by atoms with Gasteiger partial charge in [0.25, 0.3) is 11.2 Å². The van der Waals surface area contributed by atoms with E-state index in [-0.39, 0.29) is 30.1 Å². The number of ether oxygens (including phenoxy) is 7. The number of rotatable bonds is 12. The minimum Gasteiger partial charge on any atom is -0.467 e. The Kier molecular flexibility index (Phi) is 13.2. The molecule has 5 heterocycles. The van der Waals surface area contributed by atoms with E-state index in [2.05, 4.69) is 0 Å². The molecule has 19 heteroatoms. The first kappa shape index (κ1) is 48.1. The molecule has 0 N–H and O–H groups in total. The molecule has 2 aromatic heterocycles. The zero-order valence-electron chi connectivity index (χ0n) is 39.0. The molecule has 2 aromatic carbocycles. The van der Waals surface area contributed by atoms with E-state index in [4.69, 9.17) is 38.1 Å². The van der Waals surface area contributed by atoms with Gasteiger partial charge in [-0.1, -0.05) is 39.0 Å². The Balaban J connectivity index is 1.29. The molecule has 3 aliphatic heterocycles. The van der Waals surface area contributed by atoms with Crippen LogP contribution in [0.3, 0.4) is 0 Å². The van der Waals surface area contributed by atoms with Crippen molar-refractivity contribution in [2.24, 2.45) is 11.8 Å². The predicted molar refractivity (Wildman–Crippen MR) is 238 cm³/mol. The number of benzene rings is 2. The summed E-state index contributed by atoms with van der Waals surface area (Å²) >= 11 is 0. The largest absolute Gasteiger partial charge is 0.467 e. The van der Waals surface area contributed by atoms with Gasteiger partial charge in [0.2, 0.25) is 11.9 Å².